The topological polar surface area (TPSA) is 12.5 Å². The highest BCUT2D eigenvalue weighted by Crippen LogP contribution is 2.19. The highest BCUT2D eigenvalue weighted by Gasteiger charge is 2.21. The molecule has 1 aliphatic rings. The molecule has 0 aromatic rings. The second-order valence-electron chi connectivity index (χ2n) is 6.34. The molecule has 0 N–H and O–H groups in total. The van der Waals surface area contributed by atoms with Crippen molar-refractivity contribution in [3.8, 4) is 0 Å². The molecule has 2 nitrogen and oxygen atoms in total. The van der Waals surface area contributed by atoms with Gasteiger partial charge in [0.1, 0.15) is 6.17 Å². The maximum atomic E-state index is 13.4. The van der Waals surface area contributed by atoms with Crippen LogP contribution in [-0.2, 0) is 4.74 Å². The third-order valence-electron chi connectivity index (χ3n) is 3.76. The van der Waals surface area contributed by atoms with Crippen LogP contribution in [0.3, 0.4) is 0 Å². The Bertz CT molecular complexity index is 213. The van der Waals surface area contributed by atoms with Crippen LogP contribution in [0.15, 0.2) is 0 Å². The van der Waals surface area contributed by atoms with Gasteiger partial charge in [0.2, 0.25) is 0 Å². The van der Waals surface area contributed by atoms with E-state index in [-0.39, 0.29) is 6.61 Å². The number of hydrogen-bond acceptors (Lipinski definition) is 2. The van der Waals surface area contributed by atoms with E-state index in [1.165, 1.54) is 12.8 Å². The summed E-state index contributed by atoms with van der Waals surface area (Å²) in [5.74, 6) is 1.05. The van der Waals surface area contributed by atoms with Crippen LogP contribution in [0.1, 0.15) is 47.0 Å². The quantitative estimate of drug-likeness (QED) is 0.694. The molecule has 0 radical (unpaired) electrons. The summed E-state index contributed by atoms with van der Waals surface area (Å²) in [4.78, 5) is 2.51. The Balaban J connectivity index is 2.07. The third kappa shape index (κ3) is 6.14. The van der Waals surface area contributed by atoms with Crippen molar-refractivity contribution < 1.29 is 9.13 Å². The Morgan fingerprint density at radius 2 is 1.78 bits per heavy atom. The molecule has 1 atom stereocenters. The monoisotopic (exact) mass is 259 g/mol. The molecule has 1 saturated heterocycles. The van der Waals surface area contributed by atoms with Crippen molar-refractivity contribution in [2.45, 2.75) is 59.2 Å². The molecular formula is C15H30FNO. The van der Waals surface area contributed by atoms with Gasteiger partial charge in [0.25, 0.3) is 0 Å². The SMILES string of the molecule is CC(C)C[C@@H](F)COCC1CCN(C(C)C)CC1. The summed E-state index contributed by atoms with van der Waals surface area (Å²) in [6.07, 6.45) is 2.21. The van der Waals surface area contributed by atoms with Crippen LogP contribution < -0.4 is 0 Å². The Morgan fingerprint density at radius 3 is 2.28 bits per heavy atom. The predicted molar refractivity (Wildman–Crippen MR) is 74.6 cm³/mol. The van der Waals surface area contributed by atoms with E-state index in [0.29, 0.717) is 24.3 Å². The van der Waals surface area contributed by atoms with Crippen LogP contribution in [0.5, 0.6) is 0 Å². The number of ether oxygens (including phenoxy) is 1. The summed E-state index contributed by atoms with van der Waals surface area (Å²) in [6, 6.07) is 0.646. The van der Waals surface area contributed by atoms with Crippen molar-refractivity contribution in [2.24, 2.45) is 11.8 Å². The van der Waals surface area contributed by atoms with Gasteiger partial charge in [-0.15, -0.1) is 0 Å². The first-order valence-electron chi connectivity index (χ1n) is 7.45. The van der Waals surface area contributed by atoms with Crippen LogP contribution in [-0.4, -0.2) is 43.4 Å². The fourth-order valence-electron chi connectivity index (χ4n) is 2.58. The highest BCUT2D eigenvalue weighted by molar-refractivity contribution is 4.74. The Labute approximate surface area is 112 Å². The molecule has 0 spiro atoms. The molecule has 1 heterocycles. The van der Waals surface area contributed by atoms with Crippen molar-refractivity contribution in [2.75, 3.05) is 26.3 Å². The van der Waals surface area contributed by atoms with E-state index < -0.39 is 6.17 Å². The second kappa shape index (κ2) is 8.11. The zero-order valence-electron chi connectivity index (χ0n) is 12.5. The average Bonchev–Trinajstić information content (AvgIpc) is 2.28. The van der Waals surface area contributed by atoms with Crippen LogP contribution >= 0.6 is 0 Å². The standard InChI is InChI=1S/C15H30FNO/c1-12(2)9-15(16)11-18-10-14-5-7-17(8-6-14)13(3)4/h12-15H,5-11H2,1-4H3/t15-/m1/s1. The summed E-state index contributed by atoms with van der Waals surface area (Å²) >= 11 is 0. The van der Waals surface area contributed by atoms with Crippen molar-refractivity contribution in [3.63, 3.8) is 0 Å². The van der Waals surface area contributed by atoms with Crippen LogP contribution in [0.4, 0.5) is 4.39 Å². The van der Waals surface area contributed by atoms with Gasteiger partial charge >= 0.3 is 0 Å². The number of hydrogen-bond donors (Lipinski definition) is 0. The molecule has 1 rings (SSSR count). The Kier molecular flexibility index (Phi) is 7.16. The van der Waals surface area contributed by atoms with E-state index in [1.54, 1.807) is 0 Å². The van der Waals surface area contributed by atoms with Gasteiger partial charge in [-0.3, -0.25) is 0 Å². The van der Waals surface area contributed by atoms with Gasteiger partial charge in [-0.1, -0.05) is 13.8 Å². The molecule has 0 saturated carbocycles. The molecule has 0 aromatic heterocycles. The number of piperidine rings is 1. The van der Waals surface area contributed by atoms with Gasteiger partial charge in [0, 0.05) is 12.6 Å². The minimum Gasteiger partial charge on any atom is -0.378 e. The van der Waals surface area contributed by atoms with Gasteiger partial charge in [0.15, 0.2) is 0 Å². The summed E-state index contributed by atoms with van der Waals surface area (Å²) in [7, 11) is 0. The van der Waals surface area contributed by atoms with E-state index >= 15 is 0 Å². The maximum absolute atomic E-state index is 13.4. The molecule has 1 aliphatic heterocycles. The van der Waals surface area contributed by atoms with Crippen LogP contribution in [0.25, 0.3) is 0 Å². The summed E-state index contributed by atoms with van der Waals surface area (Å²) < 4.78 is 19.0. The van der Waals surface area contributed by atoms with Gasteiger partial charge in [-0.2, -0.15) is 0 Å². The van der Waals surface area contributed by atoms with Crippen LogP contribution in [0, 0.1) is 11.8 Å². The number of rotatable bonds is 7. The lowest BCUT2D eigenvalue weighted by Crippen LogP contribution is -2.39. The van der Waals surface area contributed by atoms with Crippen LogP contribution in [0.2, 0.25) is 0 Å². The Morgan fingerprint density at radius 1 is 1.17 bits per heavy atom. The fourth-order valence-corrected chi connectivity index (χ4v) is 2.58. The first-order chi connectivity index (χ1) is 8.49. The summed E-state index contributed by atoms with van der Waals surface area (Å²) in [5.41, 5.74) is 0. The lowest BCUT2D eigenvalue weighted by atomic mass is 9.97. The number of halogens is 1. The minimum absolute atomic E-state index is 0.280. The molecule has 0 unspecified atom stereocenters. The maximum Gasteiger partial charge on any atom is 0.124 e. The van der Waals surface area contributed by atoms with Gasteiger partial charge in [-0.25, -0.2) is 4.39 Å². The van der Waals surface area contributed by atoms with Crippen molar-refractivity contribution in [3.05, 3.63) is 0 Å². The van der Waals surface area contributed by atoms with E-state index in [4.69, 9.17) is 4.74 Å². The van der Waals surface area contributed by atoms with Gasteiger partial charge in [0.05, 0.1) is 6.61 Å². The number of alkyl halides is 1. The fraction of sp³-hybridized carbons (Fsp3) is 1.00. The lowest BCUT2D eigenvalue weighted by molar-refractivity contribution is 0.0290. The van der Waals surface area contributed by atoms with E-state index in [0.717, 1.165) is 19.7 Å². The number of nitrogens with zero attached hydrogens (tertiary/aromatic N) is 1. The van der Waals surface area contributed by atoms with E-state index in [1.807, 2.05) is 13.8 Å². The second-order valence-corrected chi connectivity index (χ2v) is 6.34. The molecule has 0 aliphatic carbocycles. The van der Waals surface area contributed by atoms with E-state index in [2.05, 4.69) is 18.7 Å². The zero-order valence-corrected chi connectivity index (χ0v) is 12.5. The number of likely N-dealkylation sites (tertiary alicyclic amines) is 1. The van der Waals surface area contributed by atoms with Crippen molar-refractivity contribution in [1.82, 2.24) is 4.90 Å². The van der Waals surface area contributed by atoms with Crippen molar-refractivity contribution >= 4 is 0 Å². The lowest BCUT2D eigenvalue weighted by Gasteiger charge is -2.34. The molecule has 18 heavy (non-hydrogen) atoms. The van der Waals surface area contributed by atoms with E-state index in [9.17, 15) is 4.39 Å². The third-order valence-corrected chi connectivity index (χ3v) is 3.76. The summed E-state index contributed by atoms with van der Waals surface area (Å²) in [6.45, 7) is 11.9. The first-order valence-corrected chi connectivity index (χ1v) is 7.45. The molecule has 0 bridgehead atoms. The van der Waals surface area contributed by atoms with Gasteiger partial charge in [-0.05, 0) is 58.0 Å². The summed E-state index contributed by atoms with van der Waals surface area (Å²) in [5, 5.41) is 0. The normalized spacial score (nSPS) is 20.8. The molecule has 0 aromatic carbocycles. The molecule has 108 valence electrons. The average molecular weight is 259 g/mol. The van der Waals surface area contributed by atoms with Gasteiger partial charge < -0.3 is 9.64 Å². The molecule has 1 fully saturated rings. The Hall–Kier alpha value is -0.150. The molecule has 3 heteroatoms. The highest BCUT2D eigenvalue weighted by atomic mass is 19.1. The smallest absolute Gasteiger partial charge is 0.124 e. The molecule has 0 amide bonds. The first kappa shape index (κ1) is 15.9. The minimum atomic E-state index is -0.791. The largest absolute Gasteiger partial charge is 0.378 e. The van der Waals surface area contributed by atoms with Crippen molar-refractivity contribution in [1.29, 1.82) is 0 Å². The zero-order chi connectivity index (χ0) is 13.5. The predicted octanol–water partition coefficient (Wildman–Crippen LogP) is 3.51. The molecular weight excluding hydrogens is 229 g/mol.